The van der Waals surface area contributed by atoms with Crippen molar-refractivity contribution < 1.29 is 14.3 Å². The fourth-order valence-electron chi connectivity index (χ4n) is 1.97. The number of rotatable bonds is 6. The van der Waals surface area contributed by atoms with Crippen molar-refractivity contribution in [3.05, 3.63) is 53.1 Å². The molecule has 22 heavy (non-hydrogen) atoms. The topological polar surface area (TPSA) is 47.6 Å². The molecule has 0 heterocycles. The van der Waals surface area contributed by atoms with Gasteiger partial charge >= 0.3 is 0 Å². The van der Waals surface area contributed by atoms with E-state index in [1.54, 1.807) is 36.4 Å². The van der Waals surface area contributed by atoms with E-state index in [1.165, 1.54) is 0 Å². The molecule has 0 saturated carbocycles. The number of hydrogen-bond donors (Lipinski definition) is 1. The Morgan fingerprint density at radius 2 is 1.86 bits per heavy atom. The van der Waals surface area contributed by atoms with Crippen LogP contribution in [0.3, 0.4) is 0 Å². The minimum absolute atomic E-state index is 0.253. The molecule has 0 fully saturated rings. The van der Waals surface area contributed by atoms with Crippen LogP contribution in [0.1, 0.15) is 24.2 Å². The second-order valence-corrected chi connectivity index (χ2v) is 4.92. The van der Waals surface area contributed by atoms with E-state index in [-0.39, 0.29) is 5.91 Å². The van der Waals surface area contributed by atoms with Crippen LogP contribution in [0, 0.1) is 0 Å². The second kappa shape index (κ2) is 7.71. The van der Waals surface area contributed by atoms with Gasteiger partial charge in [-0.25, -0.2) is 0 Å². The molecule has 5 heteroatoms. The maximum absolute atomic E-state index is 12.3. The second-order valence-electron chi connectivity index (χ2n) is 4.49. The maximum atomic E-state index is 12.3. The summed E-state index contributed by atoms with van der Waals surface area (Å²) in [4.78, 5) is 12.3. The Morgan fingerprint density at radius 3 is 2.55 bits per heavy atom. The summed E-state index contributed by atoms with van der Waals surface area (Å²) < 4.78 is 11.0. The molecule has 1 N–H and O–H groups in total. The molecule has 2 rings (SSSR count). The minimum Gasteiger partial charge on any atom is -0.494 e. The van der Waals surface area contributed by atoms with Gasteiger partial charge in [-0.2, -0.15) is 0 Å². The standard InChI is InChI=1S/C17H18ClNO3/c1-3-21-14-8-9-16(22-4-2)15(11-14)19-17(20)12-6-5-7-13(18)10-12/h5-11H,3-4H2,1-2H3,(H,19,20). The summed E-state index contributed by atoms with van der Waals surface area (Å²) >= 11 is 5.91. The predicted octanol–water partition coefficient (Wildman–Crippen LogP) is 4.39. The highest BCUT2D eigenvalue weighted by Crippen LogP contribution is 2.30. The number of halogens is 1. The van der Waals surface area contributed by atoms with Crippen LogP contribution in [0.4, 0.5) is 5.69 Å². The van der Waals surface area contributed by atoms with Gasteiger partial charge in [0, 0.05) is 16.7 Å². The molecule has 0 unspecified atom stereocenters. The van der Waals surface area contributed by atoms with Crippen LogP contribution in [-0.4, -0.2) is 19.1 Å². The monoisotopic (exact) mass is 319 g/mol. The van der Waals surface area contributed by atoms with E-state index in [9.17, 15) is 4.79 Å². The Bertz CT molecular complexity index is 658. The van der Waals surface area contributed by atoms with E-state index in [1.807, 2.05) is 19.9 Å². The number of amides is 1. The molecule has 0 aromatic heterocycles. The van der Waals surface area contributed by atoms with Gasteiger partial charge in [-0.15, -0.1) is 0 Å². The molecule has 0 radical (unpaired) electrons. The van der Waals surface area contributed by atoms with Crippen molar-refractivity contribution in [2.75, 3.05) is 18.5 Å². The third-order valence-electron chi connectivity index (χ3n) is 2.90. The molecular formula is C17H18ClNO3. The normalized spacial score (nSPS) is 10.1. The summed E-state index contributed by atoms with van der Waals surface area (Å²) in [5.74, 6) is 1.02. The number of anilines is 1. The molecule has 0 atom stereocenters. The number of ether oxygens (including phenoxy) is 2. The molecule has 0 spiro atoms. The highest BCUT2D eigenvalue weighted by molar-refractivity contribution is 6.31. The highest BCUT2D eigenvalue weighted by atomic mass is 35.5. The molecule has 4 nitrogen and oxygen atoms in total. The Labute approximate surface area is 135 Å². The molecule has 0 saturated heterocycles. The molecule has 0 aliphatic carbocycles. The van der Waals surface area contributed by atoms with Crippen LogP contribution < -0.4 is 14.8 Å². The van der Waals surface area contributed by atoms with E-state index >= 15 is 0 Å². The number of carbonyl (C=O) groups excluding carboxylic acids is 1. The first-order valence-corrected chi connectivity index (χ1v) is 7.48. The van der Waals surface area contributed by atoms with E-state index < -0.39 is 0 Å². The summed E-state index contributed by atoms with van der Waals surface area (Å²) in [6.07, 6.45) is 0. The minimum atomic E-state index is -0.253. The van der Waals surface area contributed by atoms with Crippen LogP contribution in [0.15, 0.2) is 42.5 Å². The largest absolute Gasteiger partial charge is 0.494 e. The first-order chi connectivity index (χ1) is 10.6. The molecule has 0 aliphatic heterocycles. The number of nitrogens with one attached hydrogen (secondary N) is 1. The summed E-state index contributed by atoms with van der Waals surface area (Å²) in [5.41, 5.74) is 1.05. The number of benzene rings is 2. The Balaban J connectivity index is 2.25. The molecule has 116 valence electrons. The van der Waals surface area contributed by atoms with Gasteiger partial charge in [0.2, 0.25) is 0 Å². The smallest absolute Gasteiger partial charge is 0.255 e. The first-order valence-electron chi connectivity index (χ1n) is 7.10. The van der Waals surface area contributed by atoms with Gasteiger partial charge < -0.3 is 14.8 Å². The van der Waals surface area contributed by atoms with Gasteiger partial charge in [-0.05, 0) is 44.2 Å². The lowest BCUT2D eigenvalue weighted by atomic mass is 10.2. The Kier molecular flexibility index (Phi) is 5.67. The average molecular weight is 320 g/mol. The summed E-state index contributed by atoms with van der Waals surface area (Å²) in [6.45, 7) is 4.85. The number of hydrogen-bond acceptors (Lipinski definition) is 3. The molecule has 1 amide bonds. The van der Waals surface area contributed by atoms with Crippen LogP contribution in [0.25, 0.3) is 0 Å². The van der Waals surface area contributed by atoms with E-state index in [0.717, 1.165) is 0 Å². The summed E-state index contributed by atoms with van der Waals surface area (Å²) in [5, 5.41) is 3.35. The number of carbonyl (C=O) groups is 1. The van der Waals surface area contributed by atoms with Crippen LogP contribution in [0.2, 0.25) is 5.02 Å². The summed E-state index contributed by atoms with van der Waals surface area (Å²) in [7, 11) is 0. The van der Waals surface area contributed by atoms with Crippen molar-refractivity contribution in [1.29, 1.82) is 0 Å². The Morgan fingerprint density at radius 1 is 1.09 bits per heavy atom. The van der Waals surface area contributed by atoms with Crippen LogP contribution in [0.5, 0.6) is 11.5 Å². The third kappa shape index (κ3) is 4.15. The van der Waals surface area contributed by atoms with Crippen LogP contribution in [-0.2, 0) is 0 Å². The van der Waals surface area contributed by atoms with Crippen molar-refractivity contribution >= 4 is 23.2 Å². The van der Waals surface area contributed by atoms with Gasteiger partial charge in [0.05, 0.1) is 18.9 Å². The van der Waals surface area contributed by atoms with E-state index in [4.69, 9.17) is 21.1 Å². The van der Waals surface area contributed by atoms with Gasteiger partial charge in [-0.1, -0.05) is 17.7 Å². The van der Waals surface area contributed by atoms with Gasteiger partial charge in [0.1, 0.15) is 11.5 Å². The van der Waals surface area contributed by atoms with Gasteiger partial charge in [0.25, 0.3) is 5.91 Å². The molecule has 2 aromatic rings. The quantitative estimate of drug-likeness (QED) is 0.859. The lowest BCUT2D eigenvalue weighted by Crippen LogP contribution is -2.13. The molecular weight excluding hydrogens is 302 g/mol. The van der Waals surface area contributed by atoms with Crippen molar-refractivity contribution in [2.24, 2.45) is 0 Å². The van der Waals surface area contributed by atoms with Crippen molar-refractivity contribution in [2.45, 2.75) is 13.8 Å². The zero-order valence-electron chi connectivity index (χ0n) is 12.6. The molecule has 0 aliphatic rings. The zero-order valence-corrected chi connectivity index (χ0v) is 13.3. The molecule has 0 bridgehead atoms. The lowest BCUT2D eigenvalue weighted by molar-refractivity contribution is 0.102. The van der Waals surface area contributed by atoms with Crippen molar-refractivity contribution in [3.8, 4) is 11.5 Å². The maximum Gasteiger partial charge on any atom is 0.255 e. The first kappa shape index (κ1) is 16.2. The fraction of sp³-hybridized carbons (Fsp3) is 0.235. The predicted molar refractivity (Wildman–Crippen MR) is 88.2 cm³/mol. The van der Waals surface area contributed by atoms with E-state index in [2.05, 4.69) is 5.32 Å². The van der Waals surface area contributed by atoms with Crippen LogP contribution >= 0.6 is 11.6 Å². The van der Waals surface area contributed by atoms with E-state index in [0.29, 0.717) is 41.0 Å². The molecule has 2 aromatic carbocycles. The van der Waals surface area contributed by atoms with Crippen molar-refractivity contribution in [1.82, 2.24) is 0 Å². The SMILES string of the molecule is CCOc1ccc(OCC)c(NC(=O)c2cccc(Cl)c2)c1. The summed E-state index contributed by atoms with van der Waals surface area (Å²) in [6, 6.07) is 12.1. The third-order valence-corrected chi connectivity index (χ3v) is 3.13. The average Bonchev–Trinajstić information content (AvgIpc) is 2.50. The lowest BCUT2D eigenvalue weighted by Gasteiger charge is -2.13. The van der Waals surface area contributed by atoms with Crippen molar-refractivity contribution in [3.63, 3.8) is 0 Å². The Hall–Kier alpha value is -2.20. The zero-order chi connectivity index (χ0) is 15.9. The van der Waals surface area contributed by atoms with Gasteiger partial charge in [-0.3, -0.25) is 4.79 Å². The van der Waals surface area contributed by atoms with Gasteiger partial charge in [0.15, 0.2) is 0 Å². The highest BCUT2D eigenvalue weighted by Gasteiger charge is 2.11. The fourth-order valence-corrected chi connectivity index (χ4v) is 2.16.